The van der Waals surface area contributed by atoms with E-state index in [0.29, 0.717) is 0 Å². The van der Waals surface area contributed by atoms with Crippen molar-refractivity contribution in [1.82, 2.24) is 4.31 Å². The topological polar surface area (TPSA) is 139 Å². The first-order valence-corrected chi connectivity index (χ1v) is 13.2. The summed E-state index contributed by atoms with van der Waals surface area (Å²) < 4.78 is 46.5. The van der Waals surface area contributed by atoms with Crippen LogP contribution in [0.5, 0.6) is 5.75 Å². The van der Waals surface area contributed by atoms with Gasteiger partial charge in [0.05, 0.1) is 37.9 Å². The summed E-state index contributed by atoms with van der Waals surface area (Å²) in [5, 5.41) is 15.5. The number of carbonyl (C=O) groups is 1. The van der Waals surface area contributed by atoms with Gasteiger partial charge in [-0.2, -0.15) is 14.9 Å². The predicted molar refractivity (Wildman–Crippen MR) is 124 cm³/mol. The number of sulfonamides is 1. The molecule has 0 aliphatic carbocycles. The number of nitrogens with zero attached hydrogens (tertiary/aromatic N) is 1. The van der Waals surface area contributed by atoms with Gasteiger partial charge >= 0.3 is 6.03 Å². The molecule has 5 N–H and O–H groups in total. The lowest BCUT2D eigenvalue weighted by atomic mass is 10.3. The van der Waals surface area contributed by atoms with E-state index >= 15 is 0 Å². The second-order valence-electron chi connectivity index (χ2n) is 6.57. The van der Waals surface area contributed by atoms with Crippen molar-refractivity contribution in [2.45, 2.75) is 4.90 Å². The van der Waals surface area contributed by atoms with Gasteiger partial charge in [0.15, 0.2) is 5.75 Å². The number of halogens is 3. The lowest BCUT2D eigenvalue weighted by Crippen LogP contribution is -2.42. The van der Waals surface area contributed by atoms with Crippen LogP contribution in [0.3, 0.4) is 0 Å². The number of carbonyl (C=O) groups excluding carboxylic acids is 1. The van der Waals surface area contributed by atoms with Crippen LogP contribution < -0.4 is 10.6 Å². The SMILES string of the molecule is O=C(Nc1ccc(Cl)c(S(=O)(=O)N2CCS(O)(O)CC2)c1O)Nc1cccc(Cl)c1Cl. The minimum absolute atomic E-state index is 0.110. The molecular weight excluding hydrogens is 513 g/mol. The quantitative estimate of drug-likeness (QED) is 0.361. The number of hydrogen-bond donors (Lipinski definition) is 5. The molecular formula is C17H18Cl3N3O6S2. The first-order chi connectivity index (χ1) is 14.4. The van der Waals surface area contributed by atoms with Gasteiger partial charge in [-0.15, -0.1) is 0 Å². The smallest absolute Gasteiger partial charge is 0.323 e. The maximum atomic E-state index is 13.0. The van der Waals surface area contributed by atoms with Crippen LogP contribution in [0.2, 0.25) is 15.1 Å². The van der Waals surface area contributed by atoms with Gasteiger partial charge in [-0.25, -0.2) is 13.2 Å². The number of hydrogen-bond acceptors (Lipinski definition) is 6. The van der Waals surface area contributed by atoms with Gasteiger partial charge in [-0.1, -0.05) is 40.9 Å². The molecule has 1 aliphatic heterocycles. The summed E-state index contributed by atoms with van der Waals surface area (Å²) in [7, 11) is -7.10. The summed E-state index contributed by atoms with van der Waals surface area (Å²) in [4.78, 5) is 11.7. The highest BCUT2D eigenvalue weighted by atomic mass is 35.5. The molecule has 31 heavy (non-hydrogen) atoms. The highest BCUT2D eigenvalue weighted by molar-refractivity contribution is 8.24. The number of benzene rings is 2. The Labute approximate surface area is 195 Å². The second-order valence-corrected chi connectivity index (χ2v) is 12.1. The Kier molecular flexibility index (Phi) is 7.18. The lowest BCUT2D eigenvalue weighted by Gasteiger charge is -2.40. The molecule has 0 saturated carbocycles. The van der Waals surface area contributed by atoms with E-state index in [2.05, 4.69) is 10.6 Å². The van der Waals surface area contributed by atoms with Gasteiger partial charge in [0, 0.05) is 13.1 Å². The molecule has 0 aromatic heterocycles. The van der Waals surface area contributed by atoms with E-state index < -0.39 is 37.3 Å². The van der Waals surface area contributed by atoms with E-state index in [1.54, 1.807) is 6.07 Å². The zero-order valence-corrected chi connectivity index (χ0v) is 19.6. The van der Waals surface area contributed by atoms with Gasteiger partial charge in [-0.05, 0) is 24.3 Å². The van der Waals surface area contributed by atoms with Crippen LogP contribution in [-0.4, -0.2) is 57.6 Å². The van der Waals surface area contributed by atoms with Crippen LogP contribution >= 0.6 is 45.4 Å². The van der Waals surface area contributed by atoms with E-state index in [0.717, 1.165) is 4.31 Å². The van der Waals surface area contributed by atoms with Gasteiger partial charge in [0.25, 0.3) is 0 Å². The van der Waals surface area contributed by atoms with E-state index in [4.69, 9.17) is 34.8 Å². The molecule has 1 saturated heterocycles. The molecule has 1 heterocycles. The molecule has 9 nitrogen and oxygen atoms in total. The molecule has 0 unspecified atom stereocenters. The fourth-order valence-corrected chi connectivity index (χ4v) is 6.69. The normalized spacial score (nSPS) is 17.7. The average molecular weight is 531 g/mol. The molecule has 2 aromatic carbocycles. The Hall–Kier alpha value is -1.44. The van der Waals surface area contributed by atoms with Gasteiger partial charge in [0.2, 0.25) is 10.0 Å². The highest BCUT2D eigenvalue weighted by Gasteiger charge is 2.35. The molecule has 2 aromatic rings. The Bertz CT molecular complexity index is 1120. The summed E-state index contributed by atoms with van der Waals surface area (Å²) >= 11 is 18.0. The minimum Gasteiger partial charge on any atom is -0.504 e. The number of rotatable bonds is 4. The van der Waals surface area contributed by atoms with Crippen LogP contribution in [-0.2, 0) is 10.0 Å². The number of aromatic hydroxyl groups is 1. The number of nitrogens with one attached hydrogen (secondary N) is 2. The van der Waals surface area contributed by atoms with Gasteiger partial charge in [-0.3, -0.25) is 9.11 Å². The van der Waals surface area contributed by atoms with E-state index in [9.17, 15) is 27.4 Å². The molecule has 0 spiro atoms. The molecule has 0 bridgehead atoms. The number of urea groups is 1. The van der Waals surface area contributed by atoms with E-state index in [1.165, 1.54) is 24.3 Å². The van der Waals surface area contributed by atoms with E-state index in [1.807, 2.05) is 0 Å². The van der Waals surface area contributed by atoms with Crippen LogP contribution in [0.1, 0.15) is 0 Å². The first kappa shape index (κ1) is 24.2. The van der Waals surface area contributed by atoms with Crippen molar-refractivity contribution < 1.29 is 27.4 Å². The summed E-state index contributed by atoms with van der Waals surface area (Å²) in [6.07, 6.45) is 0. The highest BCUT2D eigenvalue weighted by Crippen LogP contribution is 2.44. The maximum absolute atomic E-state index is 13.0. The molecule has 3 rings (SSSR count). The Morgan fingerprint density at radius 2 is 1.58 bits per heavy atom. The monoisotopic (exact) mass is 529 g/mol. The van der Waals surface area contributed by atoms with Gasteiger partial charge in [0.1, 0.15) is 4.90 Å². The van der Waals surface area contributed by atoms with Crippen LogP contribution in [0.15, 0.2) is 35.2 Å². The fourth-order valence-electron chi connectivity index (χ4n) is 2.85. The molecule has 14 heteroatoms. The average Bonchev–Trinajstić information content (AvgIpc) is 2.67. The van der Waals surface area contributed by atoms with Crippen LogP contribution in [0.4, 0.5) is 16.2 Å². The molecule has 1 aliphatic rings. The number of phenols is 1. The van der Waals surface area contributed by atoms with Crippen molar-refractivity contribution in [3.63, 3.8) is 0 Å². The third-order valence-electron chi connectivity index (χ3n) is 4.46. The summed E-state index contributed by atoms with van der Waals surface area (Å²) in [6.45, 7) is -0.294. The fraction of sp³-hybridized carbons (Fsp3) is 0.235. The van der Waals surface area contributed by atoms with Crippen molar-refractivity contribution in [3.05, 3.63) is 45.4 Å². The number of amides is 2. The maximum Gasteiger partial charge on any atom is 0.323 e. The third kappa shape index (κ3) is 5.32. The largest absolute Gasteiger partial charge is 0.504 e. The number of anilines is 2. The van der Waals surface area contributed by atoms with Crippen molar-refractivity contribution in [2.75, 3.05) is 35.2 Å². The van der Waals surface area contributed by atoms with Crippen molar-refractivity contribution in [2.24, 2.45) is 0 Å². The summed E-state index contributed by atoms with van der Waals surface area (Å²) in [5.74, 6) is -0.992. The minimum atomic E-state index is -4.27. The van der Waals surface area contributed by atoms with Crippen LogP contribution in [0, 0.1) is 0 Å². The molecule has 2 amide bonds. The Morgan fingerprint density at radius 1 is 0.968 bits per heavy atom. The van der Waals surface area contributed by atoms with Crippen molar-refractivity contribution in [3.8, 4) is 5.75 Å². The zero-order chi connectivity index (χ0) is 23.0. The van der Waals surface area contributed by atoms with Crippen LogP contribution in [0.25, 0.3) is 0 Å². The zero-order valence-electron chi connectivity index (χ0n) is 15.7. The summed E-state index contributed by atoms with van der Waals surface area (Å²) in [5.41, 5.74) is 0.000181. The molecule has 170 valence electrons. The standard InChI is InChI=1S/C17H18Cl3N3O6S2/c18-10-2-1-3-12(14(10)20)21-17(25)22-13-5-4-11(19)16(15(13)24)31(28,29)23-6-8-30(26,27)9-7-23/h1-5,24,26-27H,6-9H2,(H2,21,22,25). The molecule has 0 radical (unpaired) electrons. The summed E-state index contributed by atoms with van der Waals surface area (Å²) in [6, 6.07) is 6.26. The Morgan fingerprint density at radius 3 is 2.23 bits per heavy atom. The molecule has 0 atom stereocenters. The number of phenolic OH excluding ortho intramolecular Hbond substituents is 1. The predicted octanol–water partition coefficient (Wildman–Crippen LogP) is 4.75. The van der Waals surface area contributed by atoms with E-state index in [-0.39, 0.29) is 51.0 Å². The first-order valence-electron chi connectivity index (χ1n) is 8.69. The molecule has 1 fully saturated rings. The van der Waals surface area contributed by atoms with Crippen molar-refractivity contribution >= 4 is 72.8 Å². The second kappa shape index (κ2) is 9.20. The van der Waals surface area contributed by atoms with Crippen molar-refractivity contribution in [1.29, 1.82) is 0 Å². The third-order valence-corrected chi connectivity index (χ3v) is 9.36. The Balaban J connectivity index is 1.85. The lowest BCUT2D eigenvalue weighted by molar-refractivity contribution is 0.262. The van der Waals surface area contributed by atoms with Gasteiger partial charge < -0.3 is 15.7 Å².